The molecule has 2 aromatic carbocycles. The molecule has 0 atom stereocenters. The number of nitrogens with one attached hydrogen (secondary N) is 4. The highest BCUT2D eigenvalue weighted by molar-refractivity contribution is 6.05. The lowest BCUT2D eigenvalue weighted by Crippen LogP contribution is -2.36. The molecule has 2 heterocycles. The number of carbonyl (C=O) groups excluding carboxylic acids is 1. The Morgan fingerprint density at radius 1 is 1.13 bits per heavy atom. The SMILES string of the molecule is Cc1ccc(NC(=O)c2cc(NCCN(C)C)c(C)c(C(F)(F)F)c2)cc1N1C=C(c2cnn(C)c2C)NN1. The number of benzene rings is 2. The third kappa shape index (κ3) is 6.18. The fourth-order valence-corrected chi connectivity index (χ4v) is 4.23. The molecule has 9 nitrogen and oxygen atoms in total. The lowest BCUT2D eigenvalue weighted by atomic mass is 10.0. The van der Waals surface area contributed by atoms with Gasteiger partial charge in [-0.15, -0.1) is 5.53 Å². The third-order valence-corrected chi connectivity index (χ3v) is 6.67. The average molecular weight is 543 g/mol. The molecule has 208 valence electrons. The fraction of sp³-hybridized carbons (Fsp3) is 0.333. The fourth-order valence-electron chi connectivity index (χ4n) is 4.23. The average Bonchev–Trinajstić information content (AvgIpc) is 3.47. The molecule has 0 unspecified atom stereocenters. The van der Waals surface area contributed by atoms with Crippen molar-refractivity contribution in [2.45, 2.75) is 26.9 Å². The smallest absolute Gasteiger partial charge is 0.384 e. The number of alkyl halides is 3. The van der Waals surface area contributed by atoms with Gasteiger partial charge < -0.3 is 21.0 Å². The molecule has 0 bridgehead atoms. The van der Waals surface area contributed by atoms with Crippen molar-refractivity contribution in [1.29, 1.82) is 0 Å². The number of hydrogen-bond acceptors (Lipinski definition) is 7. The molecule has 1 aliphatic heterocycles. The normalized spacial score (nSPS) is 13.5. The third-order valence-electron chi connectivity index (χ3n) is 6.67. The van der Waals surface area contributed by atoms with Crippen molar-refractivity contribution < 1.29 is 18.0 Å². The van der Waals surface area contributed by atoms with Crippen LogP contribution in [0.15, 0.2) is 42.7 Å². The molecule has 1 amide bonds. The summed E-state index contributed by atoms with van der Waals surface area (Å²) in [7, 11) is 5.61. The molecule has 0 saturated heterocycles. The van der Waals surface area contributed by atoms with Gasteiger partial charge in [0.25, 0.3) is 5.91 Å². The van der Waals surface area contributed by atoms with Crippen LogP contribution in [0.1, 0.15) is 38.3 Å². The van der Waals surface area contributed by atoms with E-state index >= 15 is 0 Å². The van der Waals surface area contributed by atoms with Crippen LogP contribution in [0.2, 0.25) is 0 Å². The van der Waals surface area contributed by atoms with E-state index in [1.165, 1.54) is 13.0 Å². The zero-order valence-electron chi connectivity index (χ0n) is 22.8. The summed E-state index contributed by atoms with van der Waals surface area (Å²) in [5.74, 6) is -0.638. The van der Waals surface area contributed by atoms with Crippen molar-refractivity contribution in [3.63, 3.8) is 0 Å². The van der Waals surface area contributed by atoms with Crippen molar-refractivity contribution >= 4 is 28.7 Å². The molecule has 1 aliphatic rings. The Balaban J connectivity index is 1.59. The van der Waals surface area contributed by atoms with Gasteiger partial charge in [-0.25, -0.2) is 0 Å². The largest absolute Gasteiger partial charge is 0.416 e. The predicted molar refractivity (Wildman–Crippen MR) is 147 cm³/mol. The molecule has 39 heavy (non-hydrogen) atoms. The second-order valence-corrected chi connectivity index (χ2v) is 9.80. The van der Waals surface area contributed by atoms with E-state index in [1.54, 1.807) is 28.0 Å². The number of aromatic nitrogens is 2. The molecule has 4 N–H and O–H groups in total. The highest BCUT2D eigenvalue weighted by Crippen LogP contribution is 2.36. The van der Waals surface area contributed by atoms with Crippen molar-refractivity contribution in [2.24, 2.45) is 7.05 Å². The Labute approximate surface area is 225 Å². The minimum absolute atomic E-state index is 0.0504. The van der Waals surface area contributed by atoms with Gasteiger partial charge in [0.1, 0.15) is 0 Å². The van der Waals surface area contributed by atoms with Gasteiger partial charge in [-0.2, -0.15) is 18.3 Å². The molecule has 0 aliphatic carbocycles. The minimum Gasteiger partial charge on any atom is -0.384 e. The molecule has 0 spiro atoms. The highest BCUT2D eigenvalue weighted by Gasteiger charge is 2.34. The zero-order chi connectivity index (χ0) is 28.5. The zero-order valence-corrected chi connectivity index (χ0v) is 22.8. The van der Waals surface area contributed by atoms with E-state index in [0.29, 0.717) is 18.8 Å². The predicted octanol–water partition coefficient (Wildman–Crippen LogP) is 4.42. The van der Waals surface area contributed by atoms with Crippen LogP contribution in [0.4, 0.5) is 30.2 Å². The van der Waals surface area contributed by atoms with E-state index in [-0.39, 0.29) is 16.8 Å². The van der Waals surface area contributed by atoms with Crippen molar-refractivity contribution in [3.05, 3.63) is 76.2 Å². The standard InChI is InChI=1S/C27H33F3N8O/c1-16-7-8-20(13-25(16)38-15-24(34-35-38)21-14-32-37(6)18(21)3)33-26(39)19-11-22(27(28,29)30)17(2)23(12-19)31-9-10-36(4)5/h7-8,11-15,31,34-35H,9-10H2,1-6H3,(H,33,39). The van der Waals surface area contributed by atoms with Crippen molar-refractivity contribution in [2.75, 3.05) is 42.8 Å². The van der Waals surface area contributed by atoms with Gasteiger partial charge in [0.2, 0.25) is 0 Å². The van der Waals surface area contributed by atoms with E-state index in [4.69, 9.17) is 0 Å². The van der Waals surface area contributed by atoms with E-state index in [0.717, 1.165) is 34.3 Å². The molecule has 4 rings (SSSR count). The number of halogens is 3. The van der Waals surface area contributed by atoms with Crippen LogP contribution in [0.25, 0.3) is 5.70 Å². The summed E-state index contributed by atoms with van der Waals surface area (Å²) in [6.07, 6.45) is -0.955. The summed E-state index contributed by atoms with van der Waals surface area (Å²) in [6.45, 7) is 6.35. The molecular formula is C27H33F3N8O. The maximum absolute atomic E-state index is 13.8. The van der Waals surface area contributed by atoms with Gasteiger partial charge >= 0.3 is 6.18 Å². The second kappa shape index (κ2) is 11.0. The molecule has 12 heteroatoms. The van der Waals surface area contributed by atoms with E-state index in [2.05, 4.69) is 26.7 Å². The number of rotatable bonds is 8. The number of hydrazine groups is 2. The number of amides is 1. The number of carbonyl (C=O) groups is 1. The molecule has 0 fully saturated rings. The highest BCUT2D eigenvalue weighted by atomic mass is 19.4. The molecule has 1 aromatic heterocycles. The first-order valence-electron chi connectivity index (χ1n) is 12.4. The number of nitrogens with zero attached hydrogens (tertiary/aromatic N) is 4. The van der Waals surface area contributed by atoms with E-state index in [9.17, 15) is 18.0 Å². The van der Waals surface area contributed by atoms with Gasteiger partial charge in [0, 0.05) is 54.5 Å². The van der Waals surface area contributed by atoms with Crippen LogP contribution in [0.3, 0.4) is 0 Å². The van der Waals surface area contributed by atoms with Gasteiger partial charge in [-0.05, 0) is 70.3 Å². The lowest BCUT2D eigenvalue weighted by Gasteiger charge is -2.20. The summed E-state index contributed by atoms with van der Waals surface area (Å²) >= 11 is 0. The van der Waals surface area contributed by atoms with Crippen LogP contribution < -0.4 is 26.6 Å². The number of aryl methyl sites for hydroxylation is 2. The van der Waals surface area contributed by atoms with E-state index in [1.807, 2.05) is 52.2 Å². The van der Waals surface area contributed by atoms with Gasteiger partial charge in [0.05, 0.1) is 23.1 Å². The summed E-state index contributed by atoms with van der Waals surface area (Å²) in [4.78, 5) is 15.1. The van der Waals surface area contributed by atoms with E-state index < -0.39 is 17.6 Å². The van der Waals surface area contributed by atoms with Crippen LogP contribution in [-0.2, 0) is 13.2 Å². The first-order chi connectivity index (χ1) is 18.3. The van der Waals surface area contributed by atoms with Crippen LogP contribution in [0, 0.1) is 20.8 Å². The van der Waals surface area contributed by atoms with Crippen LogP contribution in [-0.4, -0.2) is 47.8 Å². The van der Waals surface area contributed by atoms with Gasteiger partial charge in [-0.3, -0.25) is 14.5 Å². The monoisotopic (exact) mass is 542 g/mol. The summed E-state index contributed by atoms with van der Waals surface area (Å²) in [5, 5.41) is 11.8. The minimum atomic E-state index is -4.60. The summed E-state index contributed by atoms with van der Waals surface area (Å²) in [6, 6.07) is 7.66. The van der Waals surface area contributed by atoms with Crippen LogP contribution in [0.5, 0.6) is 0 Å². The molecule has 3 aromatic rings. The van der Waals surface area contributed by atoms with Gasteiger partial charge in [0.15, 0.2) is 0 Å². The Morgan fingerprint density at radius 2 is 1.87 bits per heavy atom. The van der Waals surface area contributed by atoms with Gasteiger partial charge in [-0.1, -0.05) is 6.07 Å². The molecule has 0 saturated carbocycles. The number of likely N-dealkylation sites (N-methyl/N-ethyl adjacent to an activating group) is 1. The Bertz CT molecular complexity index is 1410. The topological polar surface area (TPSA) is 89.5 Å². The Hall–Kier alpha value is -4.03. The maximum atomic E-state index is 13.8. The summed E-state index contributed by atoms with van der Waals surface area (Å²) < 4.78 is 43.2. The van der Waals surface area contributed by atoms with Crippen molar-refractivity contribution in [3.8, 4) is 0 Å². The maximum Gasteiger partial charge on any atom is 0.416 e. The quantitative estimate of drug-likeness (QED) is 0.335. The number of anilines is 3. The Morgan fingerprint density at radius 3 is 2.51 bits per heavy atom. The van der Waals surface area contributed by atoms with Crippen LogP contribution >= 0.6 is 0 Å². The second-order valence-electron chi connectivity index (χ2n) is 9.80. The molecule has 0 radical (unpaired) electrons. The number of hydrogen-bond donors (Lipinski definition) is 4. The Kier molecular flexibility index (Phi) is 7.89. The summed E-state index contributed by atoms with van der Waals surface area (Å²) in [5.41, 5.74) is 10.5. The lowest BCUT2D eigenvalue weighted by molar-refractivity contribution is -0.138. The van der Waals surface area contributed by atoms with Crippen molar-refractivity contribution in [1.82, 2.24) is 25.6 Å². The molecular weight excluding hydrogens is 509 g/mol. The first-order valence-corrected chi connectivity index (χ1v) is 12.4. The first kappa shape index (κ1) is 28.0.